The number of benzene rings is 2. The van der Waals surface area contributed by atoms with E-state index in [2.05, 4.69) is 58.1 Å². The van der Waals surface area contributed by atoms with E-state index in [-0.39, 0.29) is 0 Å². The maximum absolute atomic E-state index is 7.20. The predicted molar refractivity (Wildman–Crippen MR) is 211 cm³/mol. The monoisotopic (exact) mass is 736 g/mol. The summed E-state index contributed by atoms with van der Waals surface area (Å²) in [5, 5.41) is 14.8. The highest BCUT2D eigenvalue weighted by Gasteiger charge is 2.47. The highest BCUT2D eigenvalue weighted by atomic mass is 35.5. The van der Waals surface area contributed by atoms with Crippen molar-refractivity contribution >= 4 is 34.8 Å². The molecular weight excluding hydrogens is 691 g/mol. The topological polar surface area (TPSA) is 106 Å². The molecular formula is C40H46Cl2N10. The molecule has 10 nitrogen and oxygen atoms in total. The lowest BCUT2D eigenvalue weighted by Crippen LogP contribution is -2.56. The second-order valence-corrected chi connectivity index (χ2v) is 15.8. The third-order valence-electron chi connectivity index (χ3n) is 10.8. The summed E-state index contributed by atoms with van der Waals surface area (Å²) in [6.45, 7) is 21.5. The number of halogens is 2. The van der Waals surface area contributed by atoms with Crippen LogP contribution < -0.4 is 21.3 Å². The van der Waals surface area contributed by atoms with Gasteiger partial charge in [0, 0.05) is 110 Å². The predicted octanol–water partition coefficient (Wildman–Crippen LogP) is 7.06. The standard InChI is InChI=1S/C40H46Cl2N10/c1-5-43-37-33(17-51-21-39(22-51)13-25(3)47-19-39)45-15-31(49-37)29-11-7-9-27(35(29)41)28-10-8-12-30(36(28)42)32-16-46-34(38(50-32)44-6-2)18-52-23-40(24-52)14-26(4)48-20-40/h7-12,15-16,47-48H,3-6,13-14,17-24H2,1-2H3,(H,43,49)(H,44,50). The molecule has 2 aromatic carbocycles. The third-order valence-corrected chi connectivity index (χ3v) is 11.6. The molecule has 4 fully saturated rings. The summed E-state index contributed by atoms with van der Waals surface area (Å²) in [5.74, 6) is 1.56. The smallest absolute Gasteiger partial charge is 0.149 e. The Morgan fingerprint density at radius 3 is 1.44 bits per heavy atom. The van der Waals surface area contributed by atoms with Crippen LogP contribution in [0.25, 0.3) is 33.6 Å². The molecule has 0 unspecified atom stereocenters. The van der Waals surface area contributed by atoms with Crippen LogP contribution in [0.1, 0.15) is 38.1 Å². The summed E-state index contributed by atoms with van der Waals surface area (Å²) in [5.41, 5.74) is 9.39. The van der Waals surface area contributed by atoms with E-state index < -0.39 is 0 Å². The number of likely N-dealkylation sites (tertiary alicyclic amines) is 2. The van der Waals surface area contributed by atoms with Gasteiger partial charge in [0.2, 0.25) is 0 Å². The van der Waals surface area contributed by atoms with Crippen LogP contribution in [-0.2, 0) is 13.1 Å². The van der Waals surface area contributed by atoms with Crippen LogP contribution in [0.3, 0.4) is 0 Å². The molecule has 4 aliphatic heterocycles. The number of nitrogens with one attached hydrogen (secondary N) is 4. The molecule has 0 bridgehead atoms. The number of allylic oxidation sites excluding steroid dienone is 2. The third kappa shape index (κ3) is 6.62. The van der Waals surface area contributed by atoms with Gasteiger partial charge in [-0.3, -0.25) is 19.8 Å². The first-order valence-electron chi connectivity index (χ1n) is 18.2. The van der Waals surface area contributed by atoms with Gasteiger partial charge in [0.25, 0.3) is 0 Å². The number of anilines is 2. The van der Waals surface area contributed by atoms with E-state index in [0.29, 0.717) is 32.3 Å². The van der Waals surface area contributed by atoms with E-state index in [0.717, 1.165) is 135 Å². The lowest BCUT2D eigenvalue weighted by Gasteiger charge is -2.47. The molecule has 0 saturated carbocycles. The zero-order valence-corrected chi connectivity index (χ0v) is 31.5. The number of nitrogens with zero attached hydrogens (tertiary/aromatic N) is 6. The molecule has 270 valence electrons. The fourth-order valence-corrected chi connectivity index (χ4v) is 9.14. The molecule has 0 atom stereocenters. The van der Waals surface area contributed by atoms with Gasteiger partial charge < -0.3 is 21.3 Å². The molecule has 4 N–H and O–H groups in total. The number of rotatable bonds is 11. The average molecular weight is 738 g/mol. The molecule has 6 heterocycles. The minimum atomic E-state index is 0.307. The second kappa shape index (κ2) is 14.0. The molecule has 4 aliphatic rings. The van der Waals surface area contributed by atoms with Gasteiger partial charge in [-0.15, -0.1) is 0 Å². The van der Waals surface area contributed by atoms with Crippen molar-refractivity contribution in [2.45, 2.75) is 39.8 Å². The first kappa shape index (κ1) is 34.8. The summed E-state index contributed by atoms with van der Waals surface area (Å²) in [6, 6.07) is 11.9. The number of hydrogen-bond donors (Lipinski definition) is 4. The molecule has 0 aliphatic carbocycles. The van der Waals surface area contributed by atoms with E-state index in [1.165, 1.54) is 0 Å². The van der Waals surface area contributed by atoms with E-state index in [1.54, 1.807) is 0 Å². The van der Waals surface area contributed by atoms with Gasteiger partial charge in [-0.2, -0.15) is 0 Å². The molecule has 2 spiro atoms. The Bertz CT molecular complexity index is 1890. The number of aromatic nitrogens is 4. The zero-order valence-electron chi connectivity index (χ0n) is 30.0. The van der Waals surface area contributed by atoms with E-state index in [1.807, 2.05) is 48.8 Å². The Morgan fingerprint density at radius 1 is 0.673 bits per heavy atom. The van der Waals surface area contributed by atoms with Crippen LogP contribution in [0.2, 0.25) is 10.0 Å². The van der Waals surface area contributed by atoms with Crippen molar-refractivity contribution < 1.29 is 0 Å². The van der Waals surface area contributed by atoms with Crippen LogP contribution in [-0.4, -0.2) is 82.1 Å². The van der Waals surface area contributed by atoms with Crippen molar-refractivity contribution in [1.29, 1.82) is 0 Å². The van der Waals surface area contributed by atoms with Gasteiger partial charge in [0.1, 0.15) is 11.6 Å². The summed E-state index contributed by atoms with van der Waals surface area (Å²) in [7, 11) is 0. The summed E-state index contributed by atoms with van der Waals surface area (Å²) < 4.78 is 0. The molecule has 8 rings (SSSR count). The average Bonchev–Trinajstić information content (AvgIpc) is 3.69. The van der Waals surface area contributed by atoms with Crippen LogP contribution in [0.15, 0.2) is 73.3 Å². The fraction of sp³-hybridized carbons (Fsp3) is 0.400. The first-order chi connectivity index (χ1) is 25.2. The lowest BCUT2D eigenvalue weighted by molar-refractivity contribution is 0.0108. The Morgan fingerprint density at radius 2 is 1.08 bits per heavy atom. The van der Waals surface area contributed by atoms with E-state index >= 15 is 0 Å². The SMILES string of the molecule is C=C1CC2(CN1)CN(Cc1ncc(-c3cccc(-c4cccc(-c5cnc(CN6CC7(CNC(=C)C7)C6)c(NCC)n5)c4Cl)c3Cl)nc1NCC)C2. The Labute approximate surface area is 316 Å². The summed E-state index contributed by atoms with van der Waals surface area (Å²) >= 11 is 14.4. The van der Waals surface area contributed by atoms with Crippen LogP contribution in [0.5, 0.6) is 0 Å². The van der Waals surface area contributed by atoms with Gasteiger partial charge in [-0.05, 0) is 26.7 Å². The normalized spacial score (nSPS) is 19.0. The first-order valence-corrected chi connectivity index (χ1v) is 19.0. The second-order valence-electron chi connectivity index (χ2n) is 15.1. The van der Waals surface area contributed by atoms with Crippen LogP contribution in [0.4, 0.5) is 11.6 Å². The quantitative estimate of drug-likeness (QED) is 0.128. The molecule has 4 saturated heterocycles. The number of hydrogen-bond acceptors (Lipinski definition) is 10. The lowest BCUT2D eigenvalue weighted by atomic mass is 9.78. The highest BCUT2D eigenvalue weighted by molar-refractivity contribution is 6.39. The van der Waals surface area contributed by atoms with Crippen molar-refractivity contribution in [3.8, 4) is 33.6 Å². The summed E-state index contributed by atoms with van der Waals surface area (Å²) in [4.78, 5) is 24.7. The maximum Gasteiger partial charge on any atom is 0.149 e. The Hall–Kier alpha value is -4.22. The zero-order chi connectivity index (χ0) is 36.0. The van der Waals surface area contributed by atoms with Gasteiger partial charge in [-0.1, -0.05) is 72.8 Å². The fourth-order valence-electron chi connectivity index (χ4n) is 8.49. The largest absolute Gasteiger partial charge is 0.388 e. The van der Waals surface area contributed by atoms with Crippen LogP contribution in [0, 0.1) is 10.8 Å². The van der Waals surface area contributed by atoms with Gasteiger partial charge in [-0.25, -0.2) is 9.97 Å². The Balaban J connectivity index is 1.03. The highest BCUT2D eigenvalue weighted by Crippen LogP contribution is 2.44. The molecule has 0 radical (unpaired) electrons. The van der Waals surface area contributed by atoms with E-state index in [9.17, 15) is 0 Å². The van der Waals surface area contributed by atoms with Gasteiger partial charge in [0.15, 0.2) is 0 Å². The van der Waals surface area contributed by atoms with Crippen molar-refractivity contribution in [1.82, 2.24) is 40.4 Å². The van der Waals surface area contributed by atoms with Crippen molar-refractivity contribution in [2.75, 3.05) is 63.0 Å². The maximum atomic E-state index is 7.20. The molecule has 52 heavy (non-hydrogen) atoms. The molecule has 12 heteroatoms. The van der Waals surface area contributed by atoms with Crippen LogP contribution >= 0.6 is 23.2 Å². The van der Waals surface area contributed by atoms with Gasteiger partial charge >= 0.3 is 0 Å². The van der Waals surface area contributed by atoms with Crippen molar-refractivity contribution in [3.05, 3.63) is 94.8 Å². The summed E-state index contributed by atoms with van der Waals surface area (Å²) in [6.07, 6.45) is 5.74. The van der Waals surface area contributed by atoms with Crippen molar-refractivity contribution in [3.63, 3.8) is 0 Å². The van der Waals surface area contributed by atoms with E-state index in [4.69, 9.17) is 43.1 Å². The Kier molecular flexibility index (Phi) is 9.36. The van der Waals surface area contributed by atoms with Gasteiger partial charge in [0.05, 0.1) is 45.2 Å². The molecule has 4 aromatic rings. The minimum Gasteiger partial charge on any atom is -0.388 e. The molecule has 2 aromatic heterocycles. The van der Waals surface area contributed by atoms with Crippen molar-refractivity contribution in [2.24, 2.45) is 10.8 Å². The molecule has 0 amide bonds. The minimum absolute atomic E-state index is 0.307.